The van der Waals surface area contributed by atoms with Crippen molar-refractivity contribution in [2.24, 2.45) is 0 Å². The standard InChI is InChI=1S/C16H18N2O3/c19-16(20)13-10-6-5-9-12(13)15-18-17-14(21-15)11-7-3-1-2-4-8-11/h5-6,9-11H,1-4,7-8H2,(H,19,20). The highest BCUT2D eigenvalue weighted by atomic mass is 16.4. The van der Waals surface area contributed by atoms with Gasteiger partial charge in [0.15, 0.2) is 0 Å². The van der Waals surface area contributed by atoms with E-state index in [1.807, 2.05) is 0 Å². The maximum Gasteiger partial charge on any atom is 0.336 e. The molecule has 110 valence electrons. The number of hydrogen-bond donors (Lipinski definition) is 1. The van der Waals surface area contributed by atoms with Gasteiger partial charge in [-0.2, -0.15) is 0 Å². The topological polar surface area (TPSA) is 76.2 Å². The lowest BCUT2D eigenvalue weighted by Gasteiger charge is -2.07. The van der Waals surface area contributed by atoms with E-state index in [-0.39, 0.29) is 5.56 Å². The lowest BCUT2D eigenvalue weighted by molar-refractivity contribution is 0.0697. The summed E-state index contributed by atoms with van der Waals surface area (Å²) in [6.07, 6.45) is 7.05. The van der Waals surface area contributed by atoms with E-state index in [9.17, 15) is 9.90 Å². The largest absolute Gasteiger partial charge is 0.478 e. The van der Waals surface area contributed by atoms with Gasteiger partial charge in [-0.1, -0.05) is 37.8 Å². The molecule has 1 aliphatic carbocycles. The maximum atomic E-state index is 11.3. The second-order valence-electron chi connectivity index (χ2n) is 5.48. The number of nitrogens with zero attached hydrogens (tertiary/aromatic N) is 2. The normalized spacial score (nSPS) is 16.6. The molecule has 21 heavy (non-hydrogen) atoms. The second-order valence-corrected chi connectivity index (χ2v) is 5.48. The Morgan fingerprint density at radius 1 is 1.10 bits per heavy atom. The molecule has 5 nitrogen and oxygen atoms in total. The summed E-state index contributed by atoms with van der Waals surface area (Å²) >= 11 is 0. The van der Waals surface area contributed by atoms with Gasteiger partial charge in [-0.25, -0.2) is 4.79 Å². The first kappa shape index (κ1) is 13.8. The van der Waals surface area contributed by atoms with Gasteiger partial charge >= 0.3 is 5.97 Å². The Balaban J connectivity index is 1.89. The summed E-state index contributed by atoms with van der Waals surface area (Å²) in [6, 6.07) is 6.72. The van der Waals surface area contributed by atoms with Crippen molar-refractivity contribution >= 4 is 5.97 Å². The van der Waals surface area contributed by atoms with Crippen molar-refractivity contribution in [2.75, 3.05) is 0 Å². The Morgan fingerprint density at radius 2 is 1.81 bits per heavy atom. The highest BCUT2D eigenvalue weighted by Crippen LogP contribution is 2.32. The van der Waals surface area contributed by atoms with E-state index in [0.717, 1.165) is 12.8 Å². The molecule has 0 unspecified atom stereocenters. The smallest absolute Gasteiger partial charge is 0.336 e. The van der Waals surface area contributed by atoms with Crippen LogP contribution in [0.3, 0.4) is 0 Å². The quantitative estimate of drug-likeness (QED) is 0.867. The van der Waals surface area contributed by atoms with E-state index in [1.54, 1.807) is 24.3 Å². The third kappa shape index (κ3) is 2.96. The maximum absolute atomic E-state index is 11.3. The Kier molecular flexibility index (Phi) is 3.99. The fraction of sp³-hybridized carbons (Fsp3) is 0.438. The molecular weight excluding hydrogens is 268 g/mol. The number of rotatable bonds is 3. The molecule has 1 fully saturated rings. The van der Waals surface area contributed by atoms with Crippen LogP contribution in [0.5, 0.6) is 0 Å². The van der Waals surface area contributed by atoms with Gasteiger partial charge in [0.25, 0.3) is 0 Å². The van der Waals surface area contributed by atoms with Gasteiger partial charge in [0.05, 0.1) is 11.1 Å². The Morgan fingerprint density at radius 3 is 2.52 bits per heavy atom. The third-order valence-corrected chi connectivity index (χ3v) is 4.03. The van der Waals surface area contributed by atoms with Crippen molar-refractivity contribution < 1.29 is 14.3 Å². The molecule has 0 aliphatic heterocycles. The monoisotopic (exact) mass is 286 g/mol. The first-order chi connectivity index (χ1) is 10.3. The summed E-state index contributed by atoms with van der Waals surface area (Å²) in [5.41, 5.74) is 0.672. The van der Waals surface area contributed by atoms with E-state index >= 15 is 0 Å². The molecule has 1 saturated carbocycles. The number of aromatic carboxylic acids is 1. The van der Waals surface area contributed by atoms with Crippen LogP contribution >= 0.6 is 0 Å². The van der Waals surface area contributed by atoms with Crippen LogP contribution in [0.1, 0.15) is 60.7 Å². The molecule has 1 aromatic carbocycles. The van der Waals surface area contributed by atoms with Crippen molar-refractivity contribution in [3.63, 3.8) is 0 Å². The van der Waals surface area contributed by atoms with Crippen LogP contribution in [0.15, 0.2) is 28.7 Å². The molecule has 0 bridgehead atoms. The summed E-state index contributed by atoms with van der Waals surface area (Å²) < 4.78 is 5.77. The van der Waals surface area contributed by atoms with Crippen LogP contribution in [0.4, 0.5) is 0 Å². The fourth-order valence-electron chi connectivity index (χ4n) is 2.89. The van der Waals surface area contributed by atoms with Gasteiger partial charge in [0.1, 0.15) is 0 Å². The number of carboxylic acids is 1. The van der Waals surface area contributed by atoms with E-state index in [2.05, 4.69) is 10.2 Å². The predicted octanol–water partition coefficient (Wildman–Crippen LogP) is 3.87. The summed E-state index contributed by atoms with van der Waals surface area (Å²) in [5.74, 6) is 0.268. The van der Waals surface area contributed by atoms with E-state index < -0.39 is 5.97 Å². The van der Waals surface area contributed by atoms with E-state index in [4.69, 9.17) is 4.42 Å². The molecule has 2 aromatic rings. The van der Waals surface area contributed by atoms with Gasteiger partial charge in [-0.15, -0.1) is 10.2 Å². The molecule has 0 radical (unpaired) electrons. The zero-order valence-electron chi connectivity index (χ0n) is 11.8. The van der Waals surface area contributed by atoms with Gasteiger partial charge in [-0.05, 0) is 25.0 Å². The van der Waals surface area contributed by atoms with Crippen LogP contribution in [0.25, 0.3) is 11.5 Å². The summed E-state index contributed by atoms with van der Waals surface area (Å²) in [6.45, 7) is 0. The van der Waals surface area contributed by atoms with Crippen molar-refractivity contribution in [2.45, 2.75) is 44.4 Å². The Bertz CT molecular complexity index is 628. The summed E-state index contributed by atoms with van der Waals surface area (Å²) in [5, 5.41) is 17.4. The fourth-order valence-corrected chi connectivity index (χ4v) is 2.89. The number of benzene rings is 1. The highest BCUT2D eigenvalue weighted by Gasteiger charge is 2.22. The van der Waals surface area contributed by atoms with Crippen LogP contribution in [-0.2, 0) is 0 Å². The molecular formula is C16H18N2O3. The number of hydrogen-bond acceptors (Lipinski definition) is 4. The molecule has 0 atom stereocenters. The zero-order valence-corrected chi connectivity index (χ0v) is 11.8. The third-order valence-electron chi connectivity index (χ3n) is 4.03. The van der Waals surface area contributed by atoms with Gasteiger partial charge < -0.3 is 9.52 Å². The van der Waals surface area contributed by atoms with Crippen molar-refractivity contribution in [1.29, 1.82) is 0 Å². The van der Waals surface area contributed by atoms with E-state index in [0.29, 0.717) is 23.3 Å². The lowest BCUT2D eigenvalue weighted by atomic mass is 10.0. The van der Waals surface area contributed by atoms with Gasteiger partial charge in [0.2, 0.25) is 11.8 Å². The van der Waals surface area contributed by atoms with Crippen LogP contribution < -0.4 is 0 Å². The number of carboxylic acid groups (broad SMARTS) is 1. The molecule has 0 amide bonds. The molecule has 5 heteroatoms. The SMILES string of the molecule is O=C(O)c1ccccc1-c1nnc(C2CCCCCC2)o1. The minimum Gasteiger partial charge on any atom is -0.478 e. The van der Waals surface area contributed by atoms with Crippen LogP contribution in [0, 0.1) is 0 Å². The minimum absolute atomic E-state index is 0.188. The highest BCUT2D eigenvalue weighted by molar-refractivity contribution is 5.94. The average molecular weight is 286 g/mol. The molecule has 1 aromatic heterocycles. The molecule has 1 N–H and O–H groups in total. The lowest BCUT2D eigenvalue weighted by Crippen LogP contribution is -1.99. The van der Waals surface area contributed by atoms with Crippen LogP contribution in [0.2, 0.25) is 0 Å². The molecule has 3 rings (SSSR count). The Labute approximate surface area is 123 Å². The van der Waals surface area contributed by atoms with Crippen molar-refractivity contribution in [3.05, 3.63) is 35.7 Å². The predicted molar refractivity (Wildman–Crippen MR) is 77.1 cm³/mol. The first-order valence-electron chi connectivity index (χ1n) is 7.42. The molecule has 0 spiro atoms. The Hall–Kier alpha value is -2.17. The number of aromatic nitrogens is 2. The zero-order chi connectivity index (χ0) is 14.7. The summed E-state index contributed by atoms with van der Waals surface area (Å²) in [7, 11) is 0. The molecule has 1 aliphatic rings. The molecule has 1 heterocycles. The molecule has 0 saturated heterocycles. The second kappa shape index (κ2) is 6.08. The van der Waals surface area contributed by atoms with E-state index in [1.165, 1.54) is 25.7 Å². The van der Waals surface area contributed by atoms with Crippen molar-refractivity contribution in [3.8, 4) is 11.5 Å². The first-order valence-corrected chi connectivity index (χ1v) is 7.42. The summed E-state index contributed by atoms with van der Waals surface area (Å²) in [4.78, 5) is 11.3. The minimum atomic E-state index is -0.986. The van der Waals surface area contributed by atoms with Crippen molar-refractivity contribution in [1.82, 2.24) is 10.2 Å². The van der Waals surface area contributed by atoms with Gasteiger partial charge in [-0.3, -0.25) is 0 Å². The average Bonchev–Trinajstić information content (AvgIpc) is 2.83. The number of carbonyl (C=O) groups is 1. The van der Waals surface area contributed by atoms with Gasteiger partial charge in [0, 0.05) is 5.92 Å². The van der Waals surface area contributed by atoms with Crippen LogP contribution in [-0.4, -0.2) is 21.3 Å².